The molecule has 8 nitrogen and oxygen atoms in total. The first-order chi connectivity index (χ1) is 19.1. The van der Waals surface area contributed by atoms with E-state index < -0.39 is 11.7 Å². The molecular formula is C29H36F3N7O. The molecule has 0 fully saturated rings. The van der Waals surface area contributed by atoms with Crippen molar-refractivity contribution in [2.45, 2.75) is 51.4 Å². The number of benzene rings is 1. The van der Waals surface area contributed by atoms with E-state index >= 15 is 0 Å². The first kappa shape index (κ1) is 28.1. The van der Waals surface area contributed by atoms with Gasteiger partial charge >= 0.3 is 6.18 Å². The van der Waals surface area contributed by atoms with Gasteiger partial charge in [0.25, 0.3) is 0 Å². The van der Waals surface area contributed by atoms with E-state index in [4.69, 9.17) is 14.7 Å². The number of nitrogens with one attached hydrogen (secondary N) is 2. The summed E-state index contributed by atoms with van der Waals surface area (Å²) in [6, 6.07) is 8.79. The molecule has 2 aliphatic heterocycles. The Morgan fingerprint density at radius 2 is 1.95 bits per heavy atom. The van der Waals surface area contributed by atoms with Crippen molar-refractivity contribution in [3.05, 3.63) is 64.7 Å². The Labute approximate surface area is 233 Å². The smallest absolute Gasteiger partial charge is 0.383 e. The standard InChI is InChI=1S/C29H36F3N7O/c1-28(2)10-14-38(3)24-16-19(7-8-21(24)28)35-26-20-9-13-39(27-22(29(30,31)32)6-5-11-34-27)18-23(20)36-25(37-26)17-33-12-15-40-4/h5-8,11,16,33H,9-10,12-15,17-18H2,1-4H3,(H,35,36,37). The monoisotopic (exact) mass is 555 g/mol. The quantitative estimate of drug-likeness (QED) is 0.374. The molecule has 214 valence electrons. The van der Waals surface area contributed by atoms with Crippen molar-refractivity contribution in [2.75, 3.05) is 55.5 Å². The van der Waals surface area contributed by atoms with Gasteiger partial charge in [-0.2, -0.15) is 13.2 Å². The topological polar surface area (TPSA) is 78.4 Å². The maximum atomic E-state index is 13.7. The van der Waals surface area contributed by atoms with Gasteiger partial charge in [0.05, 0.1) is 31.0 Å². The van der Waals surface area contributed by atoms with E-state index in [1.54, 1.807) is 12.0 Å². The van der Waals surface area contributed by atoms with E-state index in [2.05, 4.69) is 59.6 Å². The largest absolute Gasteiger partial charge is 0.419 e. The van der Waals surface area contributed by atoms with Gasteiger partial charge in [0.15, 0.2) is 0 Å². The van der Waals surface area contributed by atoms with Gasteiger partial charge in [-0.1, -0.05) is 19.9 Å². The SMILES string of the molecule is COCCNCc1nc2c(c(Nc3ccc4c(c3)N(C)CCC4(C)C)n1)CCN(c1ncccc1C(F)(F)F)C2. The molecule has 0 aliphatic carbocycles. The lowest BCUT2D eigenvalue weighted by Gasteiger charge is -2.38. The predicted molar refractivity (Wildman–Crippen MR) is 150 cm³/mol. The Morgan fingerprint density at radius 1 is 1.12 bits per heavy atom. The van der Waals surface area contributed by atoms with Gasteiger partial charge in [-0.05, 0) is 48.1 Å². The van der Waals surface area contributed by atoms with Gasteiger partial charge in [-0.25, -0.2) is 15.0 Å². The maximum Gasteiger partial charge on any atom is 0.419 e. The molecule has 0 saturated carbocycles. The summed E-state index contributed by atoms with van der Waals surface area (Å²) >= 11 is 0. The highest BCUT2D eigenvalue weighted by Crippen LogP contribution is 2.41. The normalized spacial score (nSPS) is 16.5. The maximum absolute atomic E-state index is 13.7. The van der Waals surface area contributed by atoms with Crippen molar-refractivity contribution in [3.63, 3.8) is 0 Å². The highest BCUT2D eigenvalue weighted by molar-refractivity contribution is 5.70. The lowest BCUT2D eigenvalue weighted by Crippen LogP contribution is -2.35. The molecule has 1 aromatic carbocycles. The molecule has 0 atom stereocenters. The Bertz CT molecular complexity index is 1360. The van der Waals surface area contributed by atoms with Crippen LogP contribution >= 0.6 is 0 Å². The lowest BCUT2D eigenvalue weighted by atomic mass is 9.78. The minimum Gasteiger partial charge on any atom is -0.383 e. The van der Waals surface area contributed by atoms with Crippen LogP contribution in [0.4, 0.5) is 36.2 Å². The molecule has 2 aromatic heterocycles. The number of hydrogen-bond donors (Lipinski definition) is 2. The highest BCUT2D eigenvalue weighted by atomic mass is 19.4. The number of pyridine rings is 1. The number of fused-ring (bicyclic) bond motifs is 2. The molecule has 0 unspecified atom stereocenters. The second kappa shape index (κ2) is 11.2. The van der Waals surface area contributed by atoms with Gasteiger partial charge in [0, 0.05) is 56.9 Å². The molecule has 0 radical (unpaired) electrons. The van der Waals surface area contributed by atoms with Crippen LogP contribution in [0.5, 0.6) is 0 Å². The van der Waals surface area contributed by atoms with Gasteiger partial charge in [-0.3, -0.25) is 0 Å². The van der Waals surface area contributed by atoms with Crippen LogP contribution in [0, 0.1) is 0 Å². The van der Waals surface area contributed by atoms with Gasteiger partial charge in [0.2, 0.25) is 0 Å². The van der Waals surface area contributed by atoms with Crippen molar-refractivity contribution in [2.24, 2.45) is 0 Å². The fraction of sp³-hybridized carbons (Fsp3) is 0.483. The predicted octanol–water partition coefficient (Wildman–Crippen LogP) is 5.05. The van der Waals surface area contributed by atoms with Crippen LogP contribution in [0.25, 0.3) is 0 Å². The number of alkyl halides is 3. The highest BCUT2D eigenvalue weighted by Gasteiger charge is 2.37. The summed E-state index contributed by atoms with van der Waals surface area (Å²) in [6.45, 7) is 7.68. The number of rotatable bonds is 8. The fourth-order valence-electron chi connectivity index (χ4n) is 5.43. The van der Waals surface area contributed by atoms with Crippen molar-refractivity contribution < 1.29 is 17.9 Å². The van der Waals surface area contributed by atoms with Crippen LogP contribution in [0.1, 0.15) is 48.5 Å². The molecule has 0 spiro atoms. The van der Waals surface area contributed by atoms with Crippen LogP contribution in [-0.2, 0) is 35.8 Å². The summed E-state index contributed by atoms with van der Waals surface area (Å²) in [6.07, 6.45) is -1.52. The van der Waals surface area contributed by atoms with Crippen LogP contribution < -0.4 is 20.4 Å². The molecule has 5 rings (SSSR count). The van der Waals surface area contributed by atoms with Crippen molar-refractivity contribution in [3.8, 4) is 0 Å². The zero-order chi connectivity index (χ0) is 28.5. The minimum atomic E-state index is -4.49. The fourth-order valence-corrected chi connectivity index (χ4v) is 5.43. The van der Waals surface area contributed by atoms with Crippen LogP contribution in [0.15, 0.2) is 36.5 Å². The number of aromatic nitrogens is 3. The lowest BCUT2D eigenvalue weighted by molar-refractivity contribution is -0.137. The number of methoxy groups -OCH3 is 1. The third-order valence-electron chi connectivity index (χ3n) is 7.74. The van der Waals surface area contributed by atoms with Crippen LogP contribution in [-0.4, -0.2) is 55.4 Å². The minimum absolute atomic E-state index is 0.0751. The van der Waals surface area contributed by atoms with Crippen LogP contribution in [0.2, 0.25) is 0 Å². The summed E-state index contributed by atoms with van der Waals surface area (Å²) in [5.74, 6) is 1.17. The van der Waals surface area contributed by atoms with E-state index in [-0.39, 0.29) is 17.8 Å². The average molecular weight is 556 g/mol. The number of ether oxygens (including phenoxy) is 1. The van der Waals surface area contributed by atoms with Crippen molar-refractivity contribution >= 4 is 23.0 Å². The van der Waals surface area contributed by atoms with E-state index in [1.807, 2.05) is 0 Å². The van der Waals surface area contributed by atoms with Gasteiger partial charge in [-0.15, -0.1) is 0 Å². The number of nitrogens with zero attached hydrogens (tertiary/aromatic N) is 5. The van der Waals surface area contributed by atoms with Crippen LogP contribution in [0.3, 0.4) is 0 Å². The molecular weight excluding hydrogens is 519 g/mol. The Morgan fingerprint density at radius 3 is 2.73 bits per heavy atom. The molecule has 3 aromatic rings. The first-order valence-electron chi connectivity index (χ1n) is 13.5. The molecule has 11 heteroatoms. The van der Waals surface area contributed by atoms with E-state index in [0.29, 0.717) is 50.0 Å². The molecule has 0 amide bonds. The van der Waals surface area contributed by atoms with Crippen molar-refractivity contribution in [1.82, 2.24) is 20.3 Å². The number of hydrogen-bond acceptors (Lipinski definition) is 8. The summed E-state index contributed by atoms with van der Waals surface area (Å²) in [7, 11) is 3.74. The second-order valence-corrected chi connectivity index (χ2v) is 11.0. The molecule has 40 heavy (non-hydrogen) atoms. The van der Waals surface area contributed by atoms with Gasteiger partial charge < -0.3 is 25.2 Å². The van der Waals surface area contributed by atoms with E-state index in [0.717, 1.165) is 30.3 Å². The molecule has 0 saturated heterocycles. The number of anilines is 4. The third kappa shape index (κ3) is 5.85. The summed E-state index contributed by atoms with van der Waals surface area (Å²) in [4.78, 5) is 17.6. The van der Waals surface area contributed by atoms with E-state index in [9.17, 15) is 13.2 Å². The first-order valence-corrected chi connectivity index (χ1v) is 13.5. The second-order valence-electron chi connectivity index (χ2n) is 11.0. The third-order valence-corrected chi connectivity index (χ3v) is 7.74. The summed E-state index contributed by atoms with van der Waals surface area (Å²) < 4.78 is 46.3. The summed E-state index contributed by atoms with van der Waals surface area (Å²) in [5.41, 5.74) is 4.37. The molecule has 2 N–H and O–H groups in total. The molecule has 0 bridgehead atoms. The van der Waals surface area contributed by atoms with Gasteiger partial charge in [0.1, 0.15) is 17.5 Å². The summed E-state index contributed by atoms with van der Waals surface area (Å²) in [5, 5.41) is 6.79. The Balaban J connectivity index is 1.48. The molecule has 2 aliphatic rings. The Hall–Kier alpha value is -3.44. The Kier molecular flexibility index (Phi) is 7.87. The van der Waals surface area contributed by atoms with Crippen molar-refractivity contribution in [1.29, 1.82) is 0 Å². The molecule has 4 heterocycles. The average Bonchev–Trinajstić information content (AvgIpc) is 2.92. The zero-order valence-corrected chi connectivity index (χ0v) is 23.4. The van der Waals surface area contributed by atoms with E-state index in [1.165, 1.54) is 23.5 Å². The number of halogens is 3. The zero-order valence-electron chi connectivity index (χ0n) is 23.4.